The number of carbonyl (C=O) groups is 1. The Morgan fingerprint density at radius 1 is 1.44 bits per heavy atom. The molecule has 1 aromatic rings. The second-order valence-electron chi connectivity index (χ2n) is 7.76. The average molecular weight is 340 g/mol. The minimum Gasteiger partial charge on any atom is -0.345 e. The summed E-state index contributed by atoms with van der Waals surface area (Å²) in [5, 5.41) is 6.54. The number of carbonyl (C=O) groups excluding carboxylic acids is 1. The summed E-state index contributed by atoms with van der Waals surface area (Å²) in [6.07, 6.45) is 2.05. The number of pyridine rings is 1. The monoisotopic (exact) mass is 340 g/mol. The summed E-state index contributed by atoms with van der Waals surface area (Å²) in [5.41, 5.74) is 3.98. The number of piperidine rings is 1. The van der Waals surface area contributed by atoms with Crippen molar-refractivity contribution in [3.8, 4) is 0 Å². The number of aliphatic imine (C=N–C) groups is 1. The molecule has 5 nitrogen and oxygen atoms in total. The molecular formula is C20H28N4O. The van der Waals surface area contributed by atoms with E-state index in [1.807, 2.05) is 33.8 Å². The summed E-state index contributed by atoms with van der Waals surface area (Å²) >= 11 is 0. The van der Waals surface area contributed by atoms with Crippen LogP contribution in [0.5, 0.6) is 0 Å². The minimum atomic E-state index is -0.604. The van der Waals surface area contributed by atoms with Crippen molar-refractivity contribution in [2.45, 2.75) is 40.2 Å². The third-order valence-electron chi connectivity index (χ3n) is 5.56. The number of nitrogens with zero attached hydrogens (tertiary/aromatic N) is 2. The molecule has 0 radical (unpaired) electrons. The van der Waals surface area contributed by atoms with E-state index in [4.69, 9.17) is 4.98 Å². The minimum absolute atomic E-state index is 0.129. The summed E-state index contributed by atoms with van der Waals surface area (Å²) in [6.45, 7) is 15.7. The fraction of sp³-hybridized carbons (Fsp3) is 0.550. The summed E-state index contributed by atoms with van der Waals surface area (Å²) in [4.78, 5) is 21.7. The molecule has 5 heteroatoms. The second kappa shape index (κ2) is 6.37. The van der Waals surface area contributed by atoms with E-state index >= 15 is 0 Å². The standard InChI is InChI=1S/C20H28N4O/c1-7-11(2)13-8-12(3)23-18(17(13)21-6)20(4,5)24-19(25)16-14-9-22-10-15(14)16/h7-8,14-16,22H,6,9-10H2,1-5H3,(H,24,25)/b11-7-/t14-,15+,16?. The quantitative estimate of drug-likeness (QED) is 0.810. The fourth-order valence-electron chi connectivity index (χ4n) is 3.98. The molecule has 1 aromatic heterocycles. The Labute approximate surface area is 150 Å². The first kappa shape index (κ1) is 17.8. The zero-order valence-corrected chi connectivity index (χ0v) is 15.8. The third kappa shape index (κ3) is 3.13. The lowest BCUT2D eigenvalue weighted by Gasteiger charge is -2.29. The highest BCUT2D eigenvalue weighted by atomic mass is 16.2. The largest absolute Gasteiger partial charge is 0.345 e. The first-order valence-electron chi connectivity index (χ1n) is 8.95. The van der Waals surface area contributed by atoms with Crippen LogP contribution in [-0.2, 0) is 10.3 Å². The van der Waals surface area contributed by atoms with Gasteiger partial charge >= 0.3 is 0 Å². The number of hydrogen-bond donors (Lipinski definition) is 2. The first-order chi connectivity index (χ1) is 11.8. The van der Waals surface area contributed by atoms with E-state index in [0.717, 1.165) is 41.3 Å². The lowest BCUT2D eigenvalue weighted by molar-refractivity contribution is -0.124. The topological polar surface area (TPSA) is 66.4 Å². The number of amides is 1. The van der Waals surface area contributed by atoms with Gasteiger partial charge in [0.2, 0.25) is 5.91 Å². The Kier molecular flexibility index (Phi) is 4.54. The first-order valence-corrected chi connectivity index (χ1v) is 8.95. The van der Waals surface area contributed by atoms with Crippen LogP contribution in [-0.4, -0.2) is 30.7 Å². The maximum Gasteiger partial charge on any atom is 0.224 e. The van der Waals surface area contributed by atoms with E-state index in [-0.39, 0.29) is 11.8 Å². The van der Waals surface area contributed by atoms with E-state index in [0.29, 0.717) is 11.8 Å². The van der Waals surface area contributed by atoms with Gasteiger partial charge in [0.25, 0.3) is 0 Å². The van der Waals surface area contributed by atoms with Crippen molar-refractivity contribution < 1.29 is 4.79 Å². The molecule has 1 unspecified atom stereocenters. The summed E-state index contributed by atoms with van der Waals surface area (Å²) in [5.74, 6) is 1.27. The molecule has 1 saturated heterocycles. The van der Waals surface area contributed by atoms with Gasteiger partial charge in [-0.2, -0.15) is 0 Å². The predicted octanol–water partition coefficient (Wildman–Crippen LogP) is 2.96. The van der Waals surface area contributed by atoms with Gasteiger partial charge in [0.15, 0.2) is 0 Å². The van der Waals surface area contributed by atoms with E-state index in [1.165, 1.54) is 0 Å². The smallest absolute Gasteiger partial charge is 0.224 e. The Bertz CT molecular complexity index is 740. The zero-order valence-electron chi connectivity index (χ0n) is 15.8. The Balaban J connectivity index is 1.92. The number of aryl methyl sites for hydroxylation is 1. The van der Waals surface area contributed by atoms with Crippen molar-refractivity contribution in [2.24, 2.45) is 22.7 Å². The summed E-state index contributed by atoms with van der Waals surface area (Å²) < 4.78 is 0. The number of rotatable bonds is 5. The Morgan fingerprint density at radius 3 is 2.64 bits per heavy atom. The average Bonchev–Trinajstić information content (AvgIpc) is 3.06. The van der Waals surface area contributed by atoms with Crippen LogP contribution < -0.4 is 10.6 Å². The van der Waals surface area contributed by atoms with Gasteiger partial charge in [-0.1, -0.05) is 6.08 Å². The van der Waals surface area contributed by atoms with Crippen molar-refractivity contribution in [1.29, 1.82) is 0 Å². The molecule has 3 rings (SSSR count). The normalized spacial score (nSPS) is 25.5. The van der Waals surface area contributed by atoms with Gasteiger partial charge in [-0.05, 0) is 77.9 Å². The molecule has 1 aliphatic heterocycles. The SMILES string of the molecule is C=Nc1c(/C(C)=C\C)cc(C)nc1C(C)(C)NC(=O)C1[C@H]2CNC[C@@H]12. The second-order valence-corrected chi connectivity index (χ2v) is 7.76. The van der Waals surface area contributed by atoms with Gasteiger partial charge in [-0.25, -0.2) is 0 Å². The van der Waals surface area contributed by atoms with Gasteiger partial charge in [0, 0.05) is 17.2 Å². The van der Waals surface area contributed by atoms with Gasteiger partial charge in [-0.15, -0.1) is 0 Å². The molecule has 2 N–H and O–H groups in total. The maximum absolute atomic E-state index is 12.7. The van der Waals surface area contributed by atoms with Crippen LogP contribution in [0.4, 0.5) is 5.69 Å². The predicted molar refractivity (Wildman–Crippen MR) is 102 cm³/mol. The number of hydrogen-bond acceptors (Lipinski definition) is 4. The zero-order chi connectivity index (χ0) is 18.4. The van der Waals surface area contributed by atoms with Gasteiger partial charge in [-0.3, -0.25) is 14.8 Å². The molecule has 134 valence electrons. The molecule has 2 fully saturated rings. The lowest BCUT2D eigenvalue weighted by atomic mass is 9.93. The van der Waals surface area contributed by atoms with E-state index < -0.39 is 5.54 Å². The van der Waals surface area contributed by atoms with Gasteiger partial charge in [0.1, 0.15) is 0 Å². The molecule has 25 heavy (non-hydrogen) atoms. The highest BCUT2D eigenvalue weighted by Crippen LogP contribution is 2.49. The van der Waals surface area contributed by atoms with Crippen LogP contribution in [0.2, 0.25) is 0 Å². The molecule has 0 bridgehead atoms. The Morgan fingerprint density at radius 2 is 2.08 bits per heavy atom. The lowest BCUT2D eigenvalue weighted by Crippen LogP contribution is -2.43. The molecule has 1 saturated carbocycles. The highest BCUT2D eigenvalue weighted by Gasteiger charge is 2.57. The number of fused-ring (bicyclic) bond motifs is 1. The summed E-state index contributed by atoms with van der Waals surface area (Å²) in [7, 11) is 0. The van der Waals surface area contributed by atoms with Crippen molar-refractivity contribution >= 4 is 23.9 Å². The molecule has 0 aromatic carbocycles. The molecule has 1 aliphatic carbocycles. The van der Waals surface area contributed by atoms with Crippen molar-refractivity contribution in [1.82, 2.24) is 15.6 Å². The molecule has 2 aliphatic rings. The number of aromatic nitrogens is 1. The fourth-order valence-corrected chi connectivity index (χ4v) is 3.98. The maximum atomic E-state index is 12.7. The van der Waals surface area contributed by atoms with Crippen LogP contribution in [0.1, 0.15) is 44.6 Å². The molecule has 2 heterocycles. The van der Waals surface area contributed by atoms with E-state index in [2.05, 4.69) is 35.3 Å². The molecule has 1 amide bonds. The van der Waals surface area contributed by atoms with Crippen molar-refractivity contribution in [2.75, 3.05) is 13.1 Å². The third-order valence-corrected chi connectivity index (χ3v) is 5.56. The number of allylic oxidation sites excluding steroid dienone is 2. The van der Waals surface area contributed by atoms with Gasteiger partial charge in [0.05, 0.1) is 16.9 Å². The molecule has 0 spiro atoms. The van der Waals surface area contributed by atoms with E-state index in [1.54, 1.807) is 0 Å². The van der Waals surface area contributed by atoms with Crippen LogP contribution in [0.3, 0.4) is 0 Å². The van der Waals surface area contributed by atoms with Crippen LogP contribution in [0.25, 0.3) is 5.57 Å². The van der Waals surface area contributed by atoms with Crippen LogP contribution in [0.15, 0.2) is 17.1 Å². The highest BCUT2D eigenvalue weighted by molar-refractivity contribution is 5.84. The number of nitrogens with one attached hydrogen (secondary N) is 2. The van der Waals surface area contributed by atoms with Crippen molar-refractivity contribution in [3.63, 3.8) is 0 Å². The van der Waals surface area contributed by atoms with Crippen LogP contribution in [0, 0.1) is 24.7 Å². The molecule has 3 atom stereocenters. The summed E-state index contributed by atoms with van der Waals surface area (Å²) in [6, 6.07) is 2.03. The van der Waals surface area contributed by atoms with Crippen molar-refractivity contribution in [3.05, 3.63) is 29.1 Å². The Hall–Kier alpha value is -2.01. The van der Waals surface area contributed by atoms with E-state index in [9.17, 15) is 4.79 Å². The molecular weight excluding hydrogens is 312 g/mol. The van der Waals surface area contributed by atoms with Crippen LogP contribution >= 0.6 is 0 Å². The van der Waals surface area contributed by atoms with Gasteiger partial charge < -0.3 is 10.6 Å².